The van der Waals surface area contributed by atoms with Crippen LogP contribution in [0.25, 0.3) is 0 Å². The number of hydrogen-bond acceptors (Lipinski definition) is 1. The van der Waals surface area contributed by atoms with Crippen LogP contribution < -0.4 is 5.59 Å². The fourth-order valence-corrected chi connectivity index (χ4v) is 1.90. The molecule has 1 saturated carbocycles. The first-order valence-corrected chi connectivity index (χ1v) is 4.67. The summed E-state index contributed by atoms with van der Waals surface area (Å²) in [5, 5.41) is 4.23. The topological polar surface area (TPSA) is 17.8 Å². The zero-order valence-corrected chi connectivity index (χ0v) is 7.24. The highest BCUT2D eigenvalue weighted by Gasteiger charge is 2.14. The molecule has 3 heteroatoms. The molecule has 0 unspecified atom stereocenters. The van der Waals surface area contributed by atoms with Gasteiger partial charge in [0.25, 0.3) is 0 Å². The Morgan fingerprint density at radius 3 is 2.67 bits per heavy atom. The first-order chi connectivity index (χ1) is 5.86. The van der Waals surface area contributed by atoms with Crippen molar-refractivity contribution in [2.24, 2.45) is 0 Å². The van der Waals surface area contributed by atoms with Gasteiger partial charge in [0.2, 0.25) is 0 Å². The van der Waals surface area contributed by atoms with Gasteiger partial charge in [-0.2, -0.15) is 5.10 Å². The molecule has 0 aliphatic heterocycles. The van der Waals surface area contributed by atoms with Crippen molar-refractivity contribution >= 4 is 13.4 Å². The molecule has 0 saturated heterocycles. The van der Waals surface area contributed by atoms with E-state index in [0.717, 1.165) is 0 Å². The second-order valence-corrected chi connectivity index (χ2v) is 3.51. The van der Waals surface area contributed by atoms with Crippen LogP contribution in [-0.4, -0.2) is 17.6 Å². The molecule has 2 nitrogen and oxygen atoms in total. The Labute approximate surface area is 74.4 Å². The monoisotopic (exact) mass is 160 g/mol. The van der Waals surface area contributed by atoms with Gasteiger partial charge in [0, 0.05) is 11.8 Å². The standard InChI is InChI=1S/C9H13BN2/c10-9-6-7-12(11-9)8-4-2-1-3-5-8/h6-8H,1-5H2. The Bertz CT molecular complexity index is 251. The van der Waals surface area contributed by atoms with Gasteiger partial charge < -0.3 is 0 Å². The van der Waals surface area contributed by atoms with Crippen LogP contribution in [0, 0.1) is 0 Å². The molecular formula is C9H13BN2. The molecule has 0 spiro atoms. The van der Waals surface area contributed by atoms with Crippen molar-refractivity contribution in [1.29, 1.82) is 0 Å². The van der Waals surface area contributed by atoms with E-state index in [0.29, 0.717) is 11.6 Å². The molecule has 0 amide bonds. The third kappa shape index (κ3) is 1.54. The molecule has 2 radical (unpaired) electrons. The molecule has 1 aromatic heterocycles. The SMILES string of the molecule is [B]c1ccn(C2CCCCC2)n1. The Balaban J connectivity index is 2.08. The van der Waals surface area contributed by atoms with Crippen molar-refractivity contribution in [3.8, 4) is 0 Å². The van der Waals surface area contributed by atoms with E-state index in [1.54, 1.807) is 0 Å². The summed E-state index contributed by atoms with van der Waals surface area (Å²) < 4.78 is 2.02. The van der Waals surface area contributed by atoms with Gasteiger partial charge in [0.05, 0.1) is 6.04 Å². The molecule has 62 valence electrons. The van der Waals surface area contributed by atoms with E-state index in [2.05, 4.69) is 5.10 Å². The minimum absolute atomic E-state index is 0.607. The molecule has 1 heterocycles. The van der Waals surface area contributed by atoms with Gasteiger partial charge in [-0.1, -0.05) is 19.3 Å². The molecule has 1 aromatic rings. The minimum atomic E-state index is 0.607. The fourth-order valence-electron chi connectivity index (χ4n) is 1.90. The molecule has 0 aromatic carbocycles. The van der Waals surface area contributed by atoms with E-state index in [1.165, 1.54) is 32.1 Å². The Kier molecular flexibility index (Phi) is 2.20. The van der Waals surface area contributed by atoms with Crippen LogP contribution in [0.4, 0.5) is 0 Å². The quantitative estimate of drug-likeness (QED) is 0.564. The van der Waals surface area contributed by atoms with Crippen molar-refractivity contribution < 1.29 is 0 Å². The van der Waals surface area contributed by atoms with Gasteiger partial charge in [-0.3, -0.25) is 4.68 Å². The van der Waals surface area contributed by atoms with E-state index in [1.807, 2.05) is 16.9 Å². The number of nitrogens with zero attached hydrogens (tertiary/aromatic N) is 2. The molecular weight excluding hydrogens is 147 g/mol. The highest BCUT2D eigenvalue weighted by atomic mass is 15.3. The van der Waals surface area contributed by atoms with Crippen molar-refractivity contribution in [2.75, 3.05) is 0 Å². The van der Waals surface area contributed by atoms with Crippen molar-refractivity contribution in [1.82, 2.24) is 9.78 Å². The first-order valence-electron chi connectivity index (χ1n) is 4.67. The Hall–Kier alpha value is -0.725. The second kappa shape index (κ2) is 3.34. The normalized spacial score (nSPS) is 19.7. The lowest BCUT2D eigenvalue weighted by Crippen LogP contribution is -2.16. The summed E-state index contributed by atoms with van der Waals surface area (Å²) in [6, 6.07) is 2.48. The molecule has 1 aliphatic rings. The van der Waals surface area contributed by atoms with Crippen LogP contribution in [0.2, 0.25) is 0 Å². The van der Waals surface area contributed by atoms with E-state index in [-0.39, 0.29) is 0 Å². The van der Waals surface area contributed by atoms with Crippen molar-refractivity contribution in [3.63, 3.8) is 0 Å². The summed E-state index contributed by atoms with van der Waals surface area (Å²) in [7, 11) is 5.55. The van der Waals surface area contributed by atoms with Crippen LogP contribution in [0.1, 0.15) is 38.1 Å². The van der Waals surface area contributed by atoms with Gasteiger partial charge in [-0.15, -0.1) is 0 Å². The summed E-state index contributed by atoms with van der Waals surface area (Å²) in [6.07, 6.45) is 8.58. The maximum Gasteiger partial charge on any atom is 0.144 e. The third-order valence-corrected chi connectivity index (χ3v) is 2.58. The Morgan fingerprint density at radius 2 is 2.08 bits per heavy atom. The predicted molar refractivity (Wildman–Crippen MR) is 49.7 cm³/mol. The average molecular weight is 160 g/mol. The van der Waals surface area contributed by atoms with E-state index < -0.39 is 0 Å². The molecule has 0 bridgehead atoms. The molecule has 1 fully saturated rings. The van der Waals surface area contributed by atoms with Crippen LogP contribution in [0.5, 0.6) is 0 Å². The van der Waals surface area contributed by atoms with Gasteiger partial charge in [0.1, 0.15) is 7.85 Å². The van der Waals surface area contributed by atoms with Crippen molar-refractivity contribution in [2.45, 2.75) is 38.1 Å². The second-order valence-electron chi connectivity index (χ2n) is 3.51. The molecule has 0 N–H and O–H groups in total. The van der Waals surface area contributed by atoms with E-state index in [4.69, 9.17) is 7.85 Å². The molecule has 2 rings (SSSR count). The average Bonchev–Trinajstić information content (AvgIpc) is 2.54. The summed E-state index contributed by atoms with van der Waals surface area (Å²) in [5.41, 5.74) is 0.639. The lowest BCUT2D eigenvalue weighted by atomic mass is 9.96. The fraction of sp³-hybridized carbons (Fsp3) is 0.667. The summed E-state index contributed by atoms with van der Waals surface area (Å²) in [6.45, 7) is 0. The lowest BCUT2D eigenvalue weighted by Gasteiger charge is -2.21. The van der Waals surface area contributed by atoms with Crippen LogP contribution in [0.15, 0.2) is 12.3 Å². The minimum Gasteiger partial charge on any atom is -0.270 e. The van der Waals surface area contributed by atoms with Crippen LogP contribution >= 0.6 is 0 Å². The summed E-state index contributed by atoms with van der Waals surface area (Å²) >= 11 is 0. The highest BCUT2D eigenvalue weighted by molar-refractivity contribution is 6.30. The van der Waals surface area contributed by atoms with E-state index in [9.17, 15) is 0 Å². The number of rotatable bonds is 1. The maximum atomic E-state index is 5.55. The Morgan fingerprint density at radius 1 is 1.33 bits per heavy atom. The van der Waals surface area contributed by atoms with E-state index >= 15 is 0 Å². The predicted octanol–water partition coefficient (Wildman–Crippen LogP) is 1.18. The molecule has 1 aliphatic carbocycles. The smallest absolute Gasteiger partial charge is 0.144 e. The zero-order valence-electron chi connectivity index (χ0n) is 7.24. The number of hydrogen-bond donors (Lipinski definition) is 0. The maximum absolute atomic E-state index is 5.55. The lowest BCUT2D eigenvalue weighted by molar-refractivity contribution is 0.330. The number of aromatic nitrogens is 2. The zero-order chi connectivity index (χ0) is 8.39. The van der Waals surface area contributed by atoms with Crippen LogP contribution in [-0.2, 0) is 0 Å². The summed E-state index contributed by atoms with van der Waals surface area (Å²) in [5.74, 6) is 0. The van der Waals surface area contributed by atoms with Gasteiger partial charge >= 0.3 is 0 Å². The van der Waals surface area contributed by atoms with Gasteiger partial charge in [-0.25, -0.2) is 0 Å². The first kappa shape index (κ1) is 7.90. The van der Waals surface area contributed by atoms with Crippen molar-refractivity contribution in [3.05, 3.63) is 12.3 Å². The highest BCUT2D eigenvalue weighted by Crippen LogP contribution is 2.26. The largest absolute Gasteiger partial charge is 0.270 e. The third-order valence-electron chi connectivity index (χ3n) is 2.58. The molecule has 12 heavy (non-hydrogen) atoms. The molecule has 0 atom stereocenters. The van der Waals surface area contributed by atoms with Gasteiger partial charge in [-0.05, 0) is 18.9 Å². The van der Waals surface area contributed by atoms with Gasteiger partial charge in [0.15, 0.2) is 0 Å². The van der Waals surface area contributed by atoms with Crippen LogP contribution in [0.3, 0.4) is 0 Å². The summed E-state index contributed by atoms with van der Waals surface area (Å²) in [4.78, 5) is 0.